The van der Waals surface area contributed by atoms with Crippen molar-refractivity contribution in [2.45, 2.75) is 19.4 Å². The molecule has 2 heterocycles. The van der Waals surface area contributed by atoms with Crippen LogP contribution >= 0.6 is 24.0 Å². The van der Waals surface area contributed by atoms with Gasteiger partial charge in [0.25, 0.3) is 0 Å². The average molecular weight is 416 g/mol. The molecule has 0 radical (unpaired) electrons. The largest absolute Gasteiger partial charge is 0.356 e. The quantitative estimate of drug-likeness (QED) is 0.312. The summed E-state index contributed by atoms with van der Waals surface area (Å²) in [6, 6.07) is 4.07. The first kappa shape index (κ1) is 18.5. The van der Waals surface area contributed by atoms with E-state index in [9.17, 15) is 0 Å². The third kappa shape index (κ3) is 6.50. The maximum atomic E-state index is 4.22. The Balaban J connectivity index is 0.00000242. The minimum absolute atomic E-state index is 0. The summed E-state index contributed by atoms with van der Waals surface area (Å²) in [6.07, 6.45) is 10.2. The van der Waals surface area contributed by atoms with Crippen molar-refractivity contribution in [1.29, 1.82) is 0 Å². The molecular weight excluding hydrogens is 391 g/mol. The van der Waals surface area contributed by atoms with Crippen molar-refractivity contribution >= 4 is 29.9 Å². The number of aromatic nitrogens is 3. The van der Waals surface area contributed by atoms with E-state index in [0.717, 1.165) is 38.4 Å². The monoisotopic (exact) mass is 416 g/mol. The van der Waals surface area contributed by atoms with Crippen molar-refractivity contribution in [3.63, 3.8) is 0 Å². The normalized spacial score (nSPS) is 11.1. The van der Waals surface area contributed by atoms with Crippen LogP contribution in [0.25, 0.3) is 0 Å². The van der Waals surface area contributed by atoms with Crippen LogP contribution in [0.2, 0.25) is 0 Å². The van der Waals surface area contributed by atoms with Gasteiger partial charge in [-0.15, -0.1) is 24.0 Å². The fraction of sp³-hybridized carbons (Fsp3) is 0.467. The Morgan fingerprint density at radius 3 is 2.59 bits per heavy atom. The molecule has 22 heavy (non-hydrogen) atoms. The number of aryl methyl sites for hydroxylation is 2. The first-order chi connectivity index (χ1) is 10.3. The highest BCUT2D eigenvalue weighted by molar-refractivity contribution is 14.0. The van der Waals surface area contributed by atoms with Crippen molar-refractivity contribution in [3.8, 4) is 0 Å². The van der Waals surface area contributed by atoms with Crippen molar-refractivity contribution in [2.24, 2.45) is 12.0 Å². The molecule has 0 aromatic carbocycles. The highest BCUT2D eigenvalue weighted by atomic mass is 127. The topological polar surface area (TPSA) is 59.2 Å². The van der Waals surface area contributed by atoms with Crippen molar-refractivity contribution < 1.29 is 0 Å². The third-order valence-electron chi connectivity index (χ3n) is 3.25. The minimum Gasteiger partial charge on any atom is -0.356 e. The molecule has 6 nitrogen and oxygen atoms in total. The van der Waals surface area contributed by atoms with Gasteiger partial charge in [-0.3, -0.25) is 9.67 Å². The summed E-state index contributed by atoms with van der Waals surface area (Å²) in [5.41, 5.74) is 1.27. The molecule has 0 saturated carbocycles. The third-order valence-corrected chi connectivity index (χ3v) is 3.25. The Labute approximate surface area is 149 Å². The number of hydrogen-bond donors (Lipinski definition) is 2. The van der Waals surface area contributed by atoms with Gasteiger partial charge in [-0.25, -0.2) is 0 Å². The van der Waals surface area contributed by atoms with Gasteiger partial charge in [0.1, 0.15) is 0 Å². The summed E-state index contributed by atoms with van der Waals surface area (Å²) in [5, 5.41) is 10.8. The lowest BCUT2D eigenvalue weighted by atomic mass is 10.2. The van der Waals surface area contributed by atoms with Gasteiger partial charge < -0.3 is 15.2 Å². The van der Waals surface area contributed by atoms with Gasteiger partial charge >= 0.3 is 0 Å². The second kappa shape index (κ2) is 10.3. The molecule has 0 saturated heterocycles. The van der Waals surface area contributed by atoms with Crippen LogP contribution in [0.4, 0.5) is 0 Å². The Kier molecular flexibility index (Phi) is 8.64. The second-order valence-electron chi connectivity index (χ2n) is 4.97. The number of hydrogen-bond acceptors (Lipinski definition) is 2. The van der Waals surface area contributed by atoms with E-state index in [-0.39, 0.29) is 24.0 Å². The van der Waals surface area contributed by atoms with Crippen molar-refractivity contribution in [2.75, 3.05) is 20.1 Å². The number of aliphatic imine (C=N–C) groups is 1. The summed E-state index contributed by atoms with van der Waals surface area (Å²) in [4.78, 5) is 4.22. The first-order valence-electron chi connectivity index (χ1n) is 7.31. The lowest BCUT2D eigenvalue weighted by Crippen LogP contribution is -2.39. The summed E-state index contributed by atoms with van der Waals surface area (Å²) < 4.78 is 3.98. The predicted molar refractivity (Wildman–Crippen MR) is 101 cm³/mol. The van der Waals surface area contributed by atoms with E-state index in [1.54, 1.807) is 7.05 Å². The number of nitrogens with one attached hydrogen (secondary N) is 2. The maximum absolute atomic E-state index is 4.22. The van der Waals surface area contributed by atoms with Gasteiger partial charge in [-0.05, 0) is 30.5 Å². The molecule has 0 aliphatic rings. The molecule has 7 heteroatoms. The van der Waals surface area contributed by atoms with Gasteiger partial charge in [0.05, 0.1) is 6.20 Å². The molecule has 0 spiro atoms. The first-order valence-corrected chi connectivity index (χ1v) is 7.31. The zero-order valence-corrected chi connectivity index (χ0v) is 15.5. The molecule has 2 N–H and O–H groups in total. The van der Waals surface area contributed by atoms with Crippen LogP contribution in [-0.2, 0) is 20.0 Å². The van der Waals surface area contributed by atoms with Crippen LogP contribution in [-0.4, -0.2) is 40.4 Å². The summed E-state index contributed by atoms with van der Waals surface area (Å²) >= 11 is 0. The van der Waals surface area contributed by atoms with Gasteiger partial charge in [-0.1, -0.05) is 0 Å². The number of nitrogens with zero attached hydrogens (tertiary/aromatic N) is 4. The van der Waals surface area contributed by atoms with E-state index in [2.05, 4.69) is 43.9 Å². The Hall–Kier alpha value is -1.51. The lowest BCUT2D eigenvalue weighted by molar-refractivity contribution is 0.661. The van der Waals surface area contributed by atoms with Crippen LogP contribution < -0.4 is 10.6 Å². The summed E-state index contributed by atoms with van der Waals surface area (Å²) in [6.45, 7) is 2.69. The molecule has 0 atom stereocenters. The molecule has 122 valence electrons. The number of halogens is 1. The van der Waals surface area contributed by atoms with Crippen LogP contribution in [0.3, 0.4) is 0 Å². The van der Waals surface area contributed by atoms with Crippen LogP contribution in [0, 0.1) is 0 Å². The highest BCUT2D eigenvalue weighted by Crippen LogP contribution is 1.99. The predicted octanol–water partition coefficient (Wildman–Crippen LogP) is 1.64. The van der Waals surface area contributed by atoms with Crippen molar-refractivity contribution in [3.05, 3.63) is 42.5 Å². The molecule has 0 fully saturated rings. The molecule has 0 bridgehead atoms. The SMILES string of the molecule is CN=C(NCCCc1cnn(C)c1)NCCn1cccc1.I. The average Bonchev–Trinajstić information content (AvgIpc) is 3.13. The Morgan fingerprint density at radius 1 is 1.23 bits per heavy atom. The standard InChI is InChI=1S/C15H24N6.HI/c1-16-15(18-8-11-21-9-3-4-10-21)17-7-5-6-14-12-19-20(2)13-14;/h3-4,9-10,12-13H,5-8,11H2,1-2H3,(H2,16,17,18);1H. The van der Waals surface area contributed by atoms with Crippen LogP contribution in [0.5, 0.6) is 0 Å². The molecular formula is C15H25IN6. The zero-order chi connectivity index (χ0) is 14.9. The highest BCUT2D eigenvalue weighted by Gasteiger charge is 1.99. The molecule has 0 aliphatic carbocycles. The lowest BCUT2D eigenvalue weighted by Gasteiger charge is -2.12. The van der Waals surface area contributed by atoms with E-state index in [1.807, 2.05) is 30.1 Å². The maximum Gasteiger partial charge on any atom is 0.191 e. The molecule has 2 aromatic heterocycles. The van der Waals surface area contributed by atoms with E-state index in [4.69, 9.17) is 0 Å². The zero-order valence-electron chi connectivity index (χ0n) is 13.2. The summed E-state index contributed by atoms with van der Waals surface area (Å²) in [7, 11) is 3.74. The van der Waals surface area contributed by atoms with Crippen LogP contribution in [0.15, 0.2) is 41.9 Å². The van der Waals surface area contributed by atoms with E-state index in [0.29, 0.717) is 0 Å². The van der Waals surface area contributed by atoms with Crippen LogP contribution in [0.1, 0.15) is 12.0 Å². The summed E-state index contributed by atoms with van der Waals surface area (Å²) in [5.74, 6) is 0.855. The van der Waals surface area contributed by atoms with E-state index in [1.165, 1.54) is 5.56 Å². The molecule has 2 rings (SSSR count). The Morgan fingerprint density at radius 2 is 1.95 bits per heavy atom. The van der Waals surface area contributed by atoms with Gasteiger partial charge in [0, 0.05) is 52.3 Å². The fourth-order valence-corrected chi connectivity index (χ4v) is 2.14. The van der Waals surface area contributed by atoms with Gasteiger partial charge in [0.2, 0.25) is 0 Å². The Bertz CT molecular complexity index is 546. The minimum atomic E-state index is 0. The van der Waals surface area contributed by atoms with Crippen molar-refractivity contribution in [1.82, 2.24) is 25.0 Å². The number of guanidine groups is 1. The number of rotatable bonds is 7. The molecule has 0 unspecified atom stereocenters. The smallest absolute Gasteiger partial charge is 0.191 e. The molecule has 2 aromatic rings. The van der Waals surface area contributed by atoms with E-state index >= 15 is 0 Å². The van der Waals surface area contributed by atoms with Gasteiger partial charge in [-0.2, -0.15) is 5.10 Å². The van der Waals surface area contributed by atoms with Gasteiger partial charge in [0.15, 0.2) is 5.96 Å². The molecule has 0 aliphatic heterocycles. The fourth-order valence-electron chi connectivity index (χ4n) is 2.14. The second-order valence-corrected chi connectivity index (χ2v) is 4.97. The molecule has 0 amide bonds. The van der Waals surface area contributed by atoms with E-state index < -0.39 is 0 Å².